The molecule has 0 aromatic rings. The summed E-state index contributed by atoms with van der Waals surface area (Å²) in [5.41, 5.74) is 0. The summed E-state index contributed by atoms with van der Waals surface area (Å²) in [6, 6.07) is 0. The minimum absolute atomic E-state index is 1.16. The van der Waals surface area contributed by atoms with Crippen molar-refractivity contribution in [2.45, 2.75) is 0 Å². The van der Waals surface area contributed by atoms with E-state index in [4.69, 9.17) is 0 Å². The van der Waals surface area contributed by atoms with Crippen LogP contribution in [0.5, 0.6) is 0 Å². The lowest BCUT2D eigenvalue weighted by molar-refractivity contribution is 0.706. The highest BCUT2D eigenvalue weighted by molar-refractivity contribution is 8.14. The molecule has 0 amide bonds. The van der Waals surface area contributed by atoms with Crippen LogP contribution in [0.25, 0.3) is 0 Å². The molecule has 3 heteroatoms. The number of thioether (sulfide) groups is 1. The van der Waals surface area contributed by atoms with Crippen molar-refractivity contribution in [3.8, 4) is 0 Å². The van der Waals surface area contributed by atoms with Gasteiger partial charge in [-0.1, -0.05) is 11.9 Å². The molecular formula is C4H11NS2. The topological polar surface area (TPSA) is 3.24 Å². The van der Waals surface area contributed by atoms with Crippen molar-refractivity contribution in [3.63, 3.8) is 0 Å². The van der Waals surface area contributed by atoms with Gasteiger partial charge in [0.05, 0.1) is 5.08 Å². The van der Waals surface area contributed by atoms with Gasteiger partial charge in [-0.3, -0.25) is 4.31 Å². The molecule has 0 aromatic heterocycles. The Morgan fingerprint density at radius 1 is 1.43 bits per heavy atom. The van der Waals surface area contributed by atoms with Crippen molar-refractivity contribution in [2.24, 2.45) is 0 Å². The molecule has 44 valence electrons. The van der Waals surface area contributed by atoms with Crippen LogP contribution in [0.4, 0.5) is 0 Å². The molecule has 0 aliphatic rings. The molecule has 0 saturated carbocycles. The van der Waals surface area contributed by atoms with E-state index in [2.05, 4.69) is 24.7 Å². The first-order valence-corrected chi connectivity index (χ1v) is 4.40. The third-order valence-corrected chi connectivity index (χ3v) is 2.31. The molecule has 0 spiro atoms. The smallest absolute Gasteiger partial charge is 0.0536 e. The molecule has 0 atom stereocenters. The van der Waals surface area contributed by atoms with Crippen molar-refractivity contribution in [2.75, 3.05) is 25.4 Å². The largest absolute Gasteiger partial charge is 0.256 e. The van der Waals surface area contributed by atoms with Gasteiger partial charge >= 0.3 is 0 Å². The van der Waals surface area contributed by atoms with E-state index in [-0.39, 0.29) is 0 Å². The van der Waals surface area contributed by atoms with Crippen LogP contribution in [-0.4, -0.2) is 29.7 Å². The zero-order chi connectivity index (χ0) is 5.70. The standard InChI is InChI=1S/C4H11NS2/c1-5(2)7-4-6-3/h4H2,1-3H3. The Labute approximate surface area is 54.0 Å². The third kappa shape index (κ3) is 6.66. The fourth-order valence-corrected chi connectivity index (χ4v) is 1.42. The van der Waals surface area contributed by atoms with Crippen LogP contribution in [0, 0.1) is 0 Å². The number of hydrogen-bond acceptors (Lipinski definition) is 3. The molecule has 0 aliphatic heterocycles. The Morgan fingerprint density at radius 3 is 2.14 bits per heavy atom. The maximum absolute atomic E-state index is 2.11. The Balaban J connectivity index is 2.68. The van der Waals surface area contributed by atoms with E-state index < -0.39 is 0 Å². The van der Waals surface area contributed by atoms with E-state index in [0.29, 0.717) is 0 Å². The van der Waals surface area contributed by atoms with Gasteiger partial charge in [0.2, 0.25) is 0 Å². The van der Waals surface area contributed by atoms with Gasteiger partial charge < -0.3 is 0 Å². The molecule has 0 N–H and O–H groups in total. The zero-order valence-corrected chi connectivity index (χ0v) is 6.60. The molecule has 0 bridgehead atoms. The lowest BCUT2D eigenvalue weighted by atomic mass is 11.3. The fraction of sp³-hybridized carbons (Fsp3) is 1.00. The summed E-state index contributed by atoms with van der Waals surface area (Å²) in [6.45, 7) is 0. The van der Waals surface area contributed by atoms with E-state index in [1.54, 1.807) is 0 Å². The SMILES string of the molecule is CSCSN(C)C. The van der Waals surface area contributed by atoms with Crippen LogP contribution in [-0.2, 0) is 0 Å². The molecule has 0 rings (SSSR count). The molecule has 0 fully saturated rings. The second-order valence-electron chi connectivity index (χ2n) is 1.35. The van der Waals surface area contributed by atoms with Crippen molar-refractivity contribution in [1.82, 2.24) is 4.31 Å². The Kier molecular flexibility index (Phi) is 5.26. The highest BCUT2D eigenvalue weighted by Crippen LogP contribution is 2.09. The van der Waals surface area contributed by atoms with Crippen LogP contribution in [0.3, 0.4) is 0 Å². The minimum Gasteiger partial charge on any atom is -0.256 e. The first-order chi connectivity index (χ1) is 3.27. The predicted octanol–water partition coefficient (Wildman–Crippen LogP) is 1.52. The van der Waals surface area contributed by atoms with Crippen LogP contribution in [0.15, 0.2) is 0 Å². The van der Waals surface area contributed by atoms with Crippen LogP contribution < -0.4 is 0 Å². The molecule has 0 aliphatic carbocycles. The van der Waals surface area contributed by atoms with Crippen molar-refractivity contribution < 1.29 is 0 Å². The lowest BCUT2D eigenvalue weighted by Crippen LogP contribution is -1.98. The summed E-state index contributed by atoms with van der Waals surface area (Å²) < 4.78 is 2.11. The molecule has 0 saturated heterocycles. The van der Waals surface area contributed by atoms with Crippen molar-refractivity contribution in [1.29, 1.82) is 0 Å². The van der Waals surface area contributed by atoms with Gasteiger partial charge in [-0.25, -0.2) is 0 Å². The maximum Gasteiger partial charge on any atom is 0.0536 e. The summed E-state index contributed by atoms with van der Waals surface area (Å²) in [6.07, 6.45) is 2.11. The summed E-state index contributed by atoms with van der Waals surface area (Å²) in [5.74, 6) is 0. The first-order valence-electron chi connectivity index (χ1n) is 2.06. The van der Waals surface area contributed by atoms with Crippen LogP contribution in [0.1, 0.15) is 0 Å². The Bertz CT molecular complexity index is 38.7. The second-order valence-corrected chi connectivity index (χ2v) is 3.86. The Hall–Kier alpha value is 0.660. The van der Waals surface area contributed by atoms with E-state index in [1.165, 1.54) is 0 Å². The van der Waals surface area contributed by atoms with Gasteiger partial charge in [0.25, 0.3) is 0 Å². The zero-order valence-electron chi connectivity index (χ0n) is 4.97. The third-order valence-electron chi connectivity index (χ3n) is 0.429. The van der Waals surface area contributed by atoms with Crippen molar-refractivity contribution >= 4 is 23.7 Å². The van der Waals surface area contributed by atoms with E-state index in [1.807, 2.05) is 23.7 Å². The number of rotatable bonds is 3. The molecule has 1 nitrogen and oxygen atoms in total. The normalized spacial score (nSPS) is 10.3. The minimum atomic E-state index is 1.16. The summed E-state index contributed by atoms with van der Waals surface area (Å²) in [4.78, 5) is 0. The summed E-state index contributed by atoms with van der Waals surface area (Å²) in [5, 5.41) is 1.16. The molecule has 0 radical (unpaired) electrons. The highest BCUT2D eigenvalue weighted by Gasteiger charge is 1.84. The number of hydrogen-bond donors (Lipinski definition) is 0. The molecule has 0 heterocycles. The quantitative estimate of drug-likeness (QED) is 0.429. The van der Waals surface area contributed by atoms with Gasteiger partial charge in [-0.15, -0.1) is 0 Å². The Morgan fingerprint density at radius 2 is 2.00 bits per heavy atom. The van der Waals surface area contributed by atoms with Crippen molar-refractivity contribution in [3.05, 3.63) is 0 Å². The van der Waals surface area contributed by atoms with Crippen LogP contribution in [0.2, 0.25) is 0 Å². The predicted molar refractivity (Wildman–Crippen MR) is 39.7 cm³/mol. The van der Waals surface area contributed by atoms with Gasteiger partial charge in [-0.2, -0.15) is 11.8 Å². The van der Waals surface area contributed by atoms with Crippen LogP contribution >= 0.6 is 23.7 Å². The highest BCUT2D eigenvalue weighted by atomic mass is 32.2. The summed E-state index contributed by atoms with van der Waals surface area (Å²) >= 11 is 3.68. The van der Waals surface area contributed by atoms with Gasteiger partial charge in [-0.05, 0) is 20.4 Å². The van der Waals surface area contributed by atoms with E-state index in [0.717, 1.165) is 5.08 Å². The molecule has 0 aromatic carbocycles. The fourth-order valence-electron chi connectivity index (χ4n) is 0.158. The number of nitrogens with zero attached hydrogens (tertiary/aromatic N) is 1. The molecule has 0 unspecified atom stereocenters. The molecule has 7 heavy (non-hydrogen) atoms. The average Bonchev–Trinajstić information content (AvgIpc) is 1.61. The van der Waals surface area contributed by atoms with Gasteiger partial charge in [0, 0.05) is 0 Å². The summed E-state index contributed by atoms with van der Waals surface area (Å²) in [7, 11) is 4.11. The first kappa shape index (κ1) is 7.66. The lowest BCUT2D eigenvalue weighted by Gasteiger charge is -2.04. The average molecular weight is 137 g/mol. The van der Waals surface area contributed by atoms with Gasteiger partial charge in [0.15, 0.2) is 0 Å². The molecular weight excluding hydrogens is 126 g/mol. The second kappa shape index (κ2) is 4.81. The monoisotopic (exact) mass is 137 g/mol. The van der Waals surface area contributed by atoms with E-state index >= 15 is 0 Å². The maximum atomic E-state index is 2.11. The van der Waals surface area contributed by atoms with Gasteiger partial charge in [0.1, 0.15) is 0 Å². The van der Waals surface area contributed by atoms with E-state index in [9.17, 15) is 0 Å².